The summed E-state index contributed by atoms with van der Waals surface area (Å²) in [6.45, 7) is -0.942. The average Bonchev–Trinajstić information content (AvgIpc) is 3.03. The number of non-ortho nitro benzene ring substituents is 1. The molecule has 1 amide bonds. The van der Waals surface area contributed by atoms with Gasteiger partial charge in [0.05, 0.1) is 17.1 Å². The van der Waals surface area contributed by atoms with Gasteiger partial charge in [0.25, 0.3) is 11.6 Å². The number of anilines is 2. The number of aliphatic hydroxyl groups excluding tert-OH is 1. The van der Waals surface area contributed by atoms with Crippen molar-refractivity contribution in [3.05, 3.63) is 52.1 Å². The zero-order valence-electron chi connectivity index (χ0n) is 15.6. The molecular formula is C18H15F2N3O8. The van der Waals surface area contributed by atoms with Gasteiger partial charge in [-0.3, -0.25) is 14.9 Å². The van der Waals surface area contributed by atoms with E-state index in [4.69, 9.17) is 9.84 Å². The molecule has 3 rings (SSSR count). The van der Waals surface area contributed by atoms with Crippen molar-refractivity contribution in [3.63, 3.8) is 0 Å². The Morgan fingerprint density at radius 1 is 1.16 bits per heavy atom. The zero-order valence-corrected chi connectivity index (χ0v) is 15.6. The Morgan fingerprint density at radius 3 is 2.61 bits per heavy atom. The minimum atomic E-state index is -3.81. The van der Waals surface area contributed by atoms with Gasteiger partial charge in [-0.2, -0.15) is 0 Å². The molecule has 0 atom stereocenters. The molecule has 2 aromatic rings. The van der Waals surface area contributed by atoms with Crippen molar-refractivity contribution in [1.29, 1.82) is 0 Å². The van der Waals surface area contributed by atoms with Crippen LogP contribution in [0.4, 0.5) is 25.8 Å². The monoisotopic (exact) mass is 439 g/mol. The van der Waals surface area contributed by atoms with Crippen molar-refractivity contribution in [3.8, 4) is 11.5 Å². The fourth-order valence-corrected chi connectivity index (χ4v) is 2.59. The van der Waals surface area contributed by atoms with Crippen LogP contribution in [0.15, 0.2) is 36.4 Å². The molecule has 0 saturated carbocycles. The maximum Gasteiger partial charge on any atom is 0.586 e. The molecule has 0 radical (unpaired) electrons. The quantitative estimate of drug-likeness (QED) is 0.319. The van der Waals surface area contributed by atoms with Gasteiger partial charge in [-0.25, -0.2) is 4.79 Å². The molecule has 0 saturated heterocycles. The molecule has 0 unspecified atom stereocenters. The van der Waals surface area contributed by atoms with Gasteiger partial charge in [-0.1, -0.05) is 0 Å². The number of hydrogen-bond donors (Lipinski definition) is 3. The Hall–Kier alpha value is -4.00. The summed E-state index contributed by atoms with van der Waals surface area (Å²) < 4.78 is 39.5. The highest BCUT2D eigenvalue weighted by molar-refractivity contribution is 5.99. The molecule has 0 spiro atoms. The molecule has 164 valence electrons. The summed E-state index contributed by atoms with van der Waals surface area (Å²) in [6.07, 6.45) is -3.81. The molecule has 0 bridgehead atoms. The number of rotatable bonds is 8. The smallest absolute Gasteiger partial charge is 0.452 e. The molecule has 1 aliphatic heterocycles. The maximum atomic E-state index is 13.0. The maximum absolute atomic E-state index is 13.0. The Labute approximate surface area is 172 Å². The largest absolute Gasteiger partial charge is 0.586 e. The van der Waals surface area contributed by atoms with Gasteiger partial charge in [0.2, 0.25) is 0 Å². The second kappa shape index (κ2) is 8.79. The highest BCUT2D eigenvalue weighted by Crippen LogP contribution is 2.42. The Kier molecular flexibility index (Phi) is 6.15. The number of carbonyl (C=O) groups is 2. The normalized spacial score (nSPS) is 13.4. The fourth-order valence-electron chi connectivity index (χ4n) is 2.59. The molecule has 0 aliphatic carbocycles. The summed E-state index contributed by atoms with van der Waals surface area (Å²) in [5.74, 6) is -2.31. The number of ether oxygens (including phenoxy) is 3. The lowest BCUT2D eigenvalue weighted by atomic mass is 10.1. The van der Waals surface area contributed by atoms with Crippen LogP contribution in [0.25, 0.3) is 0 Å². The molecule has 2 aromatic carbocycles. The molecule has 1 aliphatic rings. The van der Waals surface area contributed by atoms with E-state index in [1.807, 2.05) is 0 Å². The number of nitrogens with zero attached hydrogens (tertiary/aromatic N) is 1. The van der Waals surface area contributed by atoms with E-state index in [1.165, 1.54) is 18.2 Å². The van der Waals surface area contributed by atoms with E-state index < -0.39 is 29.7 Å². The van der Waals surface area contributed by atoms with E-state index in [2.05, 4.69) is 20.1 Å². The van der Waals surface area contributed by atoms with E-state index in [0.29, 0.717) is 0 Å². The third-order valence-electron chi connectivity index (χ3n) is 3.88. The van der Waals surface area contributed by atoms with E-state index in [1.54, 1.807) is 0 Å². The van der Waals surface area contributed by atoms with Gasteiger partial charge < -0.3 is 30.0 Å². The zero-order chi connectivity index (χ0) is 22.6. The van der Waals surface area contributed by atoms with E-state index in [0.717, 1.165) is 18.2 Å². The third-order valence-corrected chi connectivity index (χ3v) is 3.88. The number of halogens is 2. The van der Waals surface area contributed by atoms with Gasteiger partial charge in [0.15, 0.2) is 18.1 Å². The average molecular weight is 439 g/mol. The molecule has 0 aromatic heterocycles. The lowest BCUT2D eigenvalue weighted by molar-refractivity contribution is -0.384. The van der Waals surface area contributed by atoms with Crippen LogP contribution in [0, 0.1) is 10.1 Å². The second-order valence-electron chi connectivity index (χ2n) is 6.09. The summed E-state index contributed by atoms with van der Waals surface area (Å²) in [4.78, 5) is 34.6. The number of nitro benzene ring substituents is 1. The molecule has 13 heteroatoms. The summed E-state index contributed by atoms with van der Waals surface area (Å²) in [5.41, 5.74) is -0.327. The predicted molar refractivity (Wildman–Crippen MR) is 100 cm³/mol. The van der Waals surface area contributed by atoms with Crippen molar-refractivity contribution >= 4 is 28.9 Å². The number of hydrogen-bond acceptors (Lipinski definition) is 9. The number of amides is 1. The predicted octanol–water partition coefficient (Wildman–Crippen LogP) is 2.12. The summed E-state index contributed by atoms with van der Waals surface area (Å²) in [7, 11) is 0. The fraction of sp³-hybridized carbons (Fsp3) is 0.222. The summed E-state index contributed by atoms with van der Waals surface area (Å²) in [5, 5.41) is 24.9. The lowest BCUT2D eigenvalue weighted by Crippen LogP contribution is -2.25. The lowest BCUT2D eigenvalue weighted by Gasteiger charge is -2.11. The number of nitro groups is 1. The standard InChI is InChI=1S/C18H15F2N3O8/c19-18(20)30-14-4-1-10(7-15(14)31-18)22-16(25)9-29-17(26)12-8-11(23(27)28)2-3-13(12)21-5-6-24/h1-4,7-8,21,24H,5-6,9H2,(H,22,25). The van der Waals surface area contributed by atoms with Crippen LogP contribution >= 0.6 is 0 Å². The van der Waals surface area contributed by atoms with Crippen LogP contribution in [0.3, 0.4) is 0 Å². The molecule has 1 heterocycles. The minimum absolute atomic E-state index is 0.0712. The Bertz CT molecular complexity index is 1030. The summed E-state index contributed by atoms with van der Waals surface area (Å²) in [6, 6.07) is 6.95. The third kappa shape index (κ3) is 5.33. The number of benzene rings is 2. The van der Waals surface area contributed by atoms with Gasteiger partial charge in [-0.05, 0) is 18.2 Å². The minimum Gasteiger partial charge on any atom is -0.452 e. The first-order valence-corrected chi connectivity index (χ1v) is 8.68. The van der Waals surface area contributed by atoms with Crippen molar-refractivity contribution in [2.45, 2.75) is 6.29 Å². The molecule has 11 nitrogen and oxygen atoms in total. The topological polar surface area (TPSA) is 149 Å². The number of carbonyl (C=O) groups excluding carboxylic acids is 2. The van der Waals surface area contributed by atoms with Gasteiger partial charge in [0.1, 0.15) is 0 Å². The van der Waals surface area contributed by atoms with Crippen LogP contribution in [-0.4, -0.2) is 48.0 Å². The Morgan fingerprint density at radius 2 is 1.90 bits per heavy atom. The molecular weight excluding hydrogens is 424 g/mol. The number of nitrogens with one attached hydrogen (secondary N) is 2. The van der Waals surface area contributed by atoms with Crippen LogP contribution < -0.4 is 20.1 Å². The second-order valence-corrected chi connectivity index (χ2v) is 6.09. The van der Waals surface area contributed by atoms with Gasteiger partial charge >= 0.3 is 12.3 Å². The van der Waals surface area contributed by atoms with Gasteiger partial charge in [0, 0.05) is 36.1 Å². The first-order chi connectivity index (χ1) is 14.7. The molecule has 31 heavy (non-hydrogen) atoms. The van der Waals surface area contributed by atoms with E-state index in [-0.39, 0.29) is 47.3 Å². The highest BCUT2D eigenvalue weighted by Gasteiger charge is 2.43. The highest BCUT2D eigenvalue weighted by atomic mass is 19.3. The number of aliphatic hydroxyl groups is 1. The number of fused-ring (bicyclic) bond motifs is 1. The van der Waals surface area contributed by atoms with Crippen molar-refractivity contribution in [2.75, 3.05) is 30.4 Å². The van der Waals surface area contributed by atoms with E-state index >= 15 is 0 Å². The van der Waals surface area contributed by atoms with Crippen LogP contribution in [0.2, 0.25) is 0 Å². The van der Waals surface area contributed by atoms with Crippen molar-refractivity contribution in [1.82, 2.24) is 0 Å². The first kappa shape index (κ1) is 21.7. The van der Waals surface area contributed by atoms with Gasteiger partial charge in [-0.15, -0.1) is 8.78 Å². The molecule has 3 N–H and O–H groups in total. The van der Waals surface area contributed by atoms with Crippen LogP contribution in [0.1, 0.15) is 10.4 Å². The SMILES string of the molecule is O=C(COC(=O)c1cc([N+](=O)[O-])ccc1NCCO)Nc1ccc2c(c1)OC(F)(F)O2. The van der Waals surface area contributed by atoms with Crippen molar-refractivity contribution < 1.29 is 42.6 Å². The first-order valence-electron chi connectivity index (χ1n) is 8.68. The number of esters is 1. The van der Waals surface area contributed by atoms with Crippen LogP contribution in [-0.2, 0) is 9.53 Å². The van der Waals surface area contributed by atoms with Crippen LogP contribution in [0.5, 0.6) is 11.5 Å². The van der Waals surface area contributed by atoms with E-state index in [9.17, 15) is 28.5 Å². The Balaban J connectivity index is 1.63. The molecule has 0 fully saturated rings. The van der Waals surface area contributed by atoms with Crippen molar-refractivity contribution in [2.24, 2.45) is 0 Å². The summed E-state index contributed by atoms with van der Waals surface area (Å²) >= 11 is 0. The number of alkyl halides is 2.